The molecular formula is C20H18Cl2O3. The van der Waals surface area contributed by atoms with Crippen LogP contribution in [0.4, 0.5) is 0 Å². The first-order chi connectivity index (χ1) is 11.9. The first kappa shape index (κ1) is 19.1. The van der Waals surface area contributed by atoms with Gasteiger partial charge in [0.1, 0.15) is 18.1 Å². The van der Waals surface area contributed by atoms with Crippen molar-refractivity contribution in [1.29, 1.82) is 0 Å². The topological polar surface area (TPSA) is 46.5 Å². The minimum absolute atomic E-state index is 0.133. The molecule has 5 heteroatoms. The molecule has 0 amide bonds. The number of phenols is 1. The molecule has 0 heterocycles. The van der Waals surface area contributed by atoms with E-state index in [0.717, 1.165) is 5.57 Å². The SMILES string of the molecule is CC(C)=CCOc1ccc(C(=O)/C=C/c2ccc(Cl)cc2Cl)c(O)c1. The molecular weight excluding hydrogens is 359 g/mol. The summed E-state index contributed by atoms with van der Waals surface area (Å²) in [4.78, 5) is 12.3. The lowest BCUT2D eigenvalue weighted by molar-refractivity contribution is 0.104. The van der Waals surface area contributed by atoms with Crippen LogP contribution in [-0.2, 0) is 0 Å². The maximum Gasteiger partial charge on any atom is 0.189 e. The molecule has 0 aliphatic rings. The Balaban J connectivity index is 2.11. The molecule has 0 saturated heterocycles. The van der Waals surface area contributed by atoms with Gasteiger partial charge in [-0.1, -0.05) is 34.8 Å². The average molecular weight is 377 g/mol. The second-order valence-corrected chi connectivity index (χ2v) is 6.48. The number of hydrogen-bond acceptors (Lipinski definition) is 3. The van der Waals surface area contributed by atoms with Crippen molar-refractivity contribution in [2.75, 3.05) is 6.61 Å². The summed E-state index contributed by atoms with van der Waals surface area (Å²) in [5.41, 5.74) is 2.00. The molecule has 0 atom stereocenters. The maximum atomic E-state index is 12.3. The Morgan fingerprint density at radius 2 is 1.92 bits per heavy atom. The van der Waals surface area contributed by atoms with Crippen LogP contribution in [0.3, 0.4) is 0 Å². The number of ketones is 1. The van der Waals surface area contributed by atoms with E-state index < -0.39 is 0 Å². The van der Waals surface area contributed by atoms with Gasteiger partial charge in [0.15, 0.2) is 5.78 Å². The van der Waals surface area contributed by atoms with Gasteiger partial charge in [0.05, 0.1) is 5.56 Å². The lowest BCUT2D eigenvalue weighted by Crippen LogP contribution is -1.98. The van der Waals surface area contributed by atoms with Gasteiger partial charge in [-0.15, -0.1) is 0 Å². The van der Waals surface area contributed by atoms with E-state index in [2.05, 4.69) is 0 Å². The summed E-state index contributed by atoms with van der Waals surface area (Å²) in [7, 11) is 0. The molecule has 0 aliphatic carbocycles. The van der Waals surface area contributed by atoms with E-state index in [1.807, 2.05) is 19.9 Å². The molecule has 3 nitrogen and oxygen atoms in total. The van der Waals surface area contributed by atoms with Crippen LogP contribution in [-0.4, -0.2) is 17.5 Å². The Bertz CT molecular complexity index is 835. The fraction of sp³-hybridized carbons (Fsp3) is 0.150. The van der Waals surface area contributed by atoms with Gasteiger partial charge in [-0.25, -0.2) is 0 Å². The Labute approximate surface area is 157 Å². The van der Waals surface area contributed by atoms with Crippen LogP contribution in [0.15, 0.2) is 54.1 Å². The van der Waals surface area contributed by atoms with Gasteiger partial charge in [-0.3, -0.25) is 4.79 Å². The number of hydrogen-bond donors (Lipinski definition) is 1. The van der Waals surface area contributed by atoms with Gasteiger partial charge in [0, 0.05) is 16.1 Å². The molecule has 0 aromatic heterocycles. The van der Waals surface area contributed by atoms with Crippen molar-refractivity contribution in [3.05, 3.63) is 75.3 Å². The van der Waals surface area contributed by atoms with Crippen LogP contribution in [0.2, 0.25) is 10.0 Å². The van der Waals surface area contributed by atoms with E-state index in [4.69, 9.17) is 27.9 Å². The highest BCUT2D eigenvalue weighted by atomic mass is 35.5. The predicted molar refractivity (Wildman–Crippen MR) is 103 cm³/mol. The number of benzene rings is 2. The van der Waals surface area contributed by atoms with E-state index in [9.17, 15) is 9.90 Å². The van der Waals surface area contributed by atoms with E-state index in [1.165, 1.54) is 18.2 Å². The second kappa shape index (κ2) is 8.75. The van der Waals surface area contributed by atoms with Crippen LogP contribution in [0, 0.1) is 0 Å². The zero-order valence-corrected chi connectivity index (χ0v) is 15.4. The van der Waals surface area contributed by atoms with Gasteiger partial charge >= 0.3 is 0 Å². The molecule has 0 bridgehead atoms. The Morgan fingerprint density at radius 3 is 2.56 bits per heavy atom. The third-order valence-electron chi connectivity index (χ3n) is 3.35. The fourth-order valence-electron chi connectivity index (χ4n) is 2.01. The zero-order chi connectivity index (χ0) is 18.4. The van der Waals surface area contributed by atoms with Crippen LogP contribution in [0.1, 0.15) is 29.8 Å². The molecule has 1 N–H and O–H groups in total. The summed E-state index contributed by atoms with van der Waals surface area (Å²) in [6.45, 7) is 4.35. The molecule has 0 spiro atoms. The van der Waals surface area contributed by atoms with Crippen molar-refractivity contribution in [3.8, 4) is 11.5 Å². The zero-order valence-electron chi connectivity index (χ0n) is 13.9. The second-order valence-electron chi connectivity index (χ2n) is 5.63. The van der Waals surface area contributed by atoms with Crippen LogP contribution >= 0.6 is 23.2 Å². The number of carbonyl (C=O) groups is 1. The van der Waals surface area contributed by atoms with Crippen molar-refractivity contribution < 1.29 is 14.6 Å². The quantitative estimate of drug-likeness (QED) is 0.385. The summed E-state index contributed by atoms with van der Waals surface area (Å²) >= 11 is 11.9. The number of rotatable bonds is 6. The van der Waals surface area contributed by atoms with Crippen LogP contribution < -0.4 is 4.74 Å². The summed E-state index contributed by atoms with van der Waals surface area (Å²) in [5.74, 6) is 0.0298. The van der Waals surface area contributed by atoms with Crippen LogP contribution in [0.5, 0.6) is 11.5 Å². The maximum absolute atomic E-state index is 12.3. The molecule has 2 aromatic carbocycles. The monoisotopic (exact) mass is 376 g/mol. The predicted octanol–water partition coefficient (Wildman–Crippen LogP) is 5.94. The van der Waals surface area contributed by atoms with Gasteiger partial charge in [0.25, 0.3) is 0 Å². The average Bonchev–Trinajstić information content (AvgIpc) is 2.53. The van der Waals surface area contributed by atoms with Crippen molar-refractivity contribution in [2.24, 2.45) is 0 Å². The molecule has 0 saturated carbocycles. The Kier molecular flexibility index (Phi) is 6.68. The Hall–Kier alpha value is -2.23. The largest absolute Gasteiger partial charge is 0.507 e. The summed E-state index contributed by atoms with van der Waals surface area (Å²) in [5, 5.41) is 11.0. The van der Waals surface area contributed by atoms with E-state index in [0.29, 0.717) is 28.0 Å². The van der Waals surface area contributed by atoms with Crippen molar-refractivity contribution in [3.63, 3.8) is 0 Å². The molecule has 2 aromatic rings. The summed E-state index contributed by atoms with van der Waals surface area (Å²) < 4.78 is 5.49. The Morgan fingerprint density at radius 1 is 1.16 bits per heavy atom. The number of aromatic hydroxyl groups is 1. The first-order valence-corrected chi connectivity index (χ1v) is 8.39. The van der Waals surface area contributed by atoms with Crippen molar-refractivity contribution in [1.82, 2.24) is 0 Å². The molecule has 0 radical (unpaired) electrons. The fourth-order valence-corrected chi connectivity index (χ4v) is 2.48. The lowest BCUT2D eigenvalue weighted by Gasteiger charge is -2.06. The highest BCUT2D eigenvalue weighted by Gasteiger charge is 2.10. The van der Waals surface area contributed by atoms with E-state index in [-0.39, 0.29) is 17.1 Å². The van der Waals surface area contributed by atoms with E-state index >= 15 is 0 Å². The molecule has 130 valence electrons. The standard InChI is InChI=1S/C20H18Cl2O3/c1-13(2)9-10-25-16-6-7-17(20(24)12-16)19(23)8-4-14-3-5-15(21)11-18(14)22/h3-9,11-12,24H,10H2,1-2H3/b8-4+. The number of halogens is 2. The first-order valence-electron chi connectivity index (χ1n) is 7.63. The number of phenolic OH excluding ortho intramolecular Hbond substituents is 1. The smallest absolute Gasteiger partial charge is 0.189 e. The van der Waals surface area contributed by atoms with E-state index in [1.54, 1.807) is 30.3 Å². The number of ether oxygens (including phenoxy) is 1. The minimum Gasteiger partial charge on any atom is -0.507 e. The van der Waals surface area contributed by atoms with Crippen LogP contribution in [0.25, 0.3) is 6.08 Å². The van der Waals surface area contributed by atoms with Gasteiger partial charge < -0.3 is 9.84 Å². The normalized spacial score (nSPS) is 10.7. The number of allylic oxidation sites excluding steroid dienone is 2. The van der Waals surface area contributed by atoms with Gasteiger partial charge in [-0.05, 0) is 61.9 Å². The summed E-state index contributed by atoms with van der Waals surface area (Å²) in [6, 6.07) is 9.61. The summed E-state index contributed by atoms with van der Waals surface area (Å²) in [6.07, 6.45) is 4.86. The highest BCUT2D eigenvalue weighted by Crippen LogP contribution is 2.26. The van der Waals surface area contributed by atoms with Gasteiger partial charge in [-0.2, -0.15) is 0 Å². The van der Waals surface area contributed by atoms with Crippen molar-refractivity contribution in [2.45, 2.75) is 13.8 Å². The lowest BCUT2D eigenvalue weighted by atomic mass is 10.1. The molecule has 2 rings (SSSR count). The number of carbonyl (C=O) groups excluding carboxylic acids is 1. The molecule has 0 unspecified atom stereocenters. The molecule has 25 heavy (non-hydrogen) atoms. The third kappa shape index (κ3) is 5.66. The van der Waals surface area contributed by atoms with Crippen molar-refractivity contribution >= 4 is 35.1 Å². The third-order valence-corrected chi connectivity index (χ3v) is 3.92. The molecule has 0 aliphatic heterocycles. The minimum atomic E-state index is -0.334. The van der Waals surface area contributed by atoms with Gasteiger partial charge in [0.2, 0.25) is 0 Å². The molecule has 0 fully saturated rings. The highest BCUT2D eigenvalue weighted by molar-refractivity contribution is 6.35.